The highest BCUT2D eigenvalue weighted by atomic mass is 32.2. The lowest BCUT2D eigenvalue weighted by atomic mass is 10.3. The first-order chi connectivity index (χ1) is 9.19. The van der Waals surface area contributed by atoms with Crippen LogP contribution in [0.3, 0.4) is 0 Å². The van der Waals surface area contributed by atoms with Crippen molar-refractivity contribution in [3.8, 4) is 0 Å². The fourth-order valence-corrected chi connectivity index (χ4v) is 3.26. The average Bonchev–Trinajstić information content (AvgIpc) is 2.82. The zero-order chi connectivity index (χ0) is 13.7. The van der Waals surface area contributed by atoms with E-state index in [2.05, 4.69) is 15.5 Å². The molecule has 0 bridgehead atoms. The third-order valence-corrected chi connectivity index (χ3v) is 4.57. The van der Waals surface area contributed by atoms with Crippen LogP contribution in [0.4, 0.5) is 10.8 Å². The van der Waals surface area contributed by atoms with Crippen LogP contribution in [-0.4, -0.2) is 21.4 Å². The maximum Gasteiger partial charge on any atom is 0.237 e. The van der Waals surface area contributed by atoms with Crippen LogP contribution in [0.2, 0.25) is 0 Å². The Balaban J connectivity index is 1.99. The van der Waals surface area contributed by atoms with Gasteiger partial charge in [0.25, 0.3) is 0 Å². The Labute approximate surface area is 119 Å². The number of hydrogen-bond acceptors (Lipinski definition) is 6. The molecule has 100 valence electrons. The summed E-state index contributed by atoms with van der Waals surface area (Å²) in [4.78, 5) is 12.1. The van der Waals surface area contributed by atoms with Crippen molar-refractivity contribution in [3.05, 3.63) is 30.3 Å². The number of rotatable bonds is 5. The van der Waals surface area contributed by atoms with Crippen LogP contribution in [0.5, 0.6) is 0 Å². The molecule has 0 spiro atoms. The number of nitrogens with two attached hydrogens (primary N) is 1. The van der Waals surface area contributed by atoms with Gasteiger partial charge < -0.3 is 11.1 Å². The van der Waals surface area contributed by atoms with Crippen molar-refractivity contribution >= 4 is 39.8 Å². The predicted molar refractivity (Wildman–Crippen MR) is 79.3 cm³/mol. The highest BCUT2D eigenvalue weighted by Gasteiger charge is 2.20. The number of carbonyl (C=O) groups excluding carboxylic acids is 1. The standard InChI is InChI=1S/C12H14N4OS2/c1-2-9(18-12-16-15-11(13)19-12)10(17)14-8-6-4-3-5-7-8/h3-7,9H,2H2,1H3,(H2,13,15)(H,14,17)/t9-/m1/s1. The number of para-hydroxylation sites is 1. The second-order valence-corrected chi connectivity index (χ2v) is 6.24. The SMILES string of the molecule is CC[C@@H](Sc1nnc(N)s1)C(=O)Nc1ccccc1. The van der Waals surface area contributed by atoms with Crippen LogP contribution in [0.15, 0.2) is 34.7 Å². The van der Waals surface area contributed by atoms with Gasteiger partial charge in [-0.1, -0.05) is 48.2 Å². The van der Waals surface area contributed by atoms with E-state index in [9.17, 15) is 4.79 Å². The van der Waals surface area contributed by atoms with E-state index in [-0.39, 0.29) is 11.2 Å². The molecule has 0 aliphatic rings. The number of nitrogens with zero attached hydrogens (tertiary/aromatic N) is 2. The third kappa shape index (κ3) is 3.93. The van der Waals surface area contributed by atoms with Crippen LogP contribution in [0.25, 0.3) is 0 Å². The number of nitrogen functional groups attached to an aromatic ring is 1. The molecule has 0 saturated heterocycles. The molecule has 0 saturated carbocycles. The number of anilines is 2. The van der Waals surface area contributed by atoms with Crippen LogP contribution < -0.4 is 11.1 Å². The molecule has 19 heavy (non-hydrogen) atoms. The molecule has 1 aromatic carbocycles. The molecular weight excluding hydrogens is 280 g/mol. The molecule has 5 nitrogen and oxygen atoms in total. The fraction of sp³-hybridized carbons (Fsp3) is 0.250. The van der Waals surface area contributed by atoms with Crippen LogP contribution >= 0.6 is 23.1 Å². The monoisotopic (exact) mass is 294 g/mol. The van der Waals surface area contributed by atoms with Crippen molar-refractivity contribution in [2.45, 2.75) is 22.9 Å². The van der Waals surface area contributed by atoms with Crippen molar-refractivity contribution in [2.75, 3.05) is 11.1 Å². The summed E-state index contributed by atoms with van der Waals surface area (Å²) in [5.74, 6) is -0.0347. The molecule has 3 N–H and O–H groups in total. The Morgan fingerprint density at radius 2 is 2.16 bits per heavy atom. The van der Waals surface area contributed by atoms with Gasteiger partial charge in [0, 0.05) is 5.69 Å². The molecule has 0 radical (unpaired) electrons. The topological polar surface area (TPSA) is 80.9 Å². The highest BCUT2D eigenvalue weighted by molar-refractivity contribution is 8.02. The maximum atomic E-state index is 12.1. The summed E-state index contributed by atoms with van der Waals surface area (Å²) < 4.78 is 0.715. The molecule has 1 amide bonds. The van der Waals surface area contributed by atoms with Crippen molar-refractivity contribution in [1.82, 2.24) is 10.2 Å². The lowest BCUT2D eigenvalue weighted by Crippen LogP contribution is -2.24. The van der Waals surface area contributed by atoms with Gasteiger partial charge in [0.05, 0.1) is 5.25 Å². The lowest BCUT2D eigenvalue weighted by molar-refractivity contribution is -0.115. The molecule has 2 rings (SSSR count). The minimum Gasteiger partial charge on any atom is -0.374 e. The van der Waals surface area contributed by atoms with Gasteiger partial charge in [0.15, 0.2) is 4.34 Å². The van der Waals surface area contributed by atoms with Crippen LogP contribution in [0, 0.1) is 0 Å². The smallest absolute Gasteiger partial charge is 0.237 e. The van der Waals surface area contributed by atoms with E-state index in [1.54, 1.807) is 0 Å². The molecule has 0 unspecified atom stereocenters. The first-order valence-electron chi connectivity index (χ1n) is 5.80. The van der Waals surface area contributed by atoms with Crippen LogP contribution in [0.1, 0.15) is 13.3 Å². The van der Waals surface area contributed by atoms with E-state index in [0.717, 1.165) is 5.69 Å². The van der Waals surface area contributed by atoms with Gasteiger partial charge >= 0.3 is 0 Å². The second-order valence-electron chi connectivity index (χ2n) is 3.78. The number of aromatic nitrogens is 2. The molecule has 2 aromatic rings. The number of amides is 1. The summed E-state index contributed by atoms with van der Waals surface area (Å²) in [5, 5.41) is 10.8. The van der Waals surface area contributed by atoms with Gasteiger partial charge in [-0.05, 0) is 18.6 Å². The maximum absolute atomic E-state index is 12.1. The van der Waals surface area contributed by atoms with E-state index in [4.69, 9.17) is 5.73 Å². The minimum atomic E-state index is -0.201. The summed E-state index contributed by atoms with van der Waals surface area (Å²) in [6.45, 7) is 1.96. The third-order valence-electron chi connectivity index (χ3n) is 2.37. The van der Waals surface area contributed by atoms with Crippen LogP contribution in [-0.2, 0) is 4.79 Å². The number of carbonyl (C=O) groups is 1. The van der Waals surface area contributed by atoms with Crippen molar-refractivity contribution in [1.29, 1.82) is 0 Å². The Hall–Kier alpha value is -1.60. The first-order valence-corrected chi connectivity index (χ1v) is 7.50. The molecule has 0 aliphatic carbocycles. The Bertz CT molecular complexity index is 544. The van der Waals surface area contributed by atoms with Gasteiger partial charge in [-0.2, -0.15) is 0 Å². The van der Waals surface area contributed by atoms with Crippen molar-refractivity contribution in [3.63, 3.8) is 0 Å². The lowest BCUT2D eigenvalue weighted by Gasteiger charge is -2.12. The highest BCUT2D eigenvalue weighted by Crippen LogP contribution is 2.29. The predicted octanol–water partition coefficient (Wildman–Crippen LogP) is 2.63. The summed E-state index contributed by atoms with van der Waals surface area (Å²) in [7, 11) is 0. The first kappa shape index (κ1) is 13.8. The molecule has 0 fully saturated rings. The molecule has 1 atom stereocenters. The van der Waals surface area contributed by atoms with E-state index >= 15 is 0 Å². The second kappa shape index (κ2) is 6.53. The quantitative estimate of drug-likeness (QED) is 0.829. The summed E-state index contributed by atoms with van der Waals surface area (Å²) >= 11 is 2.68. The van der Waals surface area contributed by atoms with E-state index < -0.39 is 0 Å². The summed E-state index contributed by atoms with van der Waals surface area (Å²) in [6, 6.07) is 9.40. The molecule has 1 aromatic heterocycles. The number of benzene rings is 1. The molecule has 7 heteroatoms. The number of nitrogens with one attached hydrogen (secondary N) is 1. The fourth-order valence-electron chi connectivity index (χ4n) is 1.46. The largest absolute Gasteiger partial charge is 0.374 e. The van der Waals surface area contributed by atoms with Gasteiger partial charge in [0.2, 0.25) is 11.0 Å². The number of hydrogen-bond donors (Lipinski definition) is 2. The zero-order valence-electron chi connectivity index (χ0n) is 10.4. The minimum absolute atomic E-state index is 0.0347. The normalized spacial score (nSPS) is 12.1. The Kier molecular flexibility index (Phi) is 4.75. The zero-order valence-corrected chi connectivity index (χ0v) is 12.0. The van der Waals surface area contributed by atoms with Crippen molar-refractivity contribution < 1.29 is 4.79 Å². The van der Waals surface area contributed by atoms with E-state index in [1.165, 1.54) is 23.1 Å². The number of thioether (sulfide) groups is 1. The van der Waals surface area contributed by atoms with E-state index in [1.807, 2.05) is 37.3 Å². The average molecular weight is 294 g/mol. The van der Waals surface area contributed by atoms with Gasteiger partial charge in [-0.3, -0.25) is 4.79 Å². The Morgan fingerprint density at radius 3 is 2.74 bits per heavy atom. The molecule has 1 heterocycles. The molecule has 0 aliphatic heterocycles. The van der Waals surface area contributed by atoms with Gasteiger partial charge in [0.1, 0.15) is 0 Å². The van der Waals surface area contributed by atoms with Gasteiger partial charge in [-0.15, -0.1) is 10.2 Å². The summed E-state index contributed by atoms with van der Waals surface area (Å²) in [6.07, 6.45) is 0.711. The summed E-state index contributed by atoms with van der Waals surface area (Å²) in [5.41, 5.74) is 6.32. The van der Waals surface area contributed by atoms with Crippen molar-refractivity contribution in [2.24, 2.45) is 0 Å². The molecular formula is C12H14N4OS2. The Morgan fingerprint density at radius 1 is 1.42 bits per heavy atom. The van der Waals surface area contributed by atoms with E-state index in [0.29, 0.717) is 15.9 Å². The van der Waals surface area contributed by atoms with Gasteiger partial charge in [-0.25, -0.2) is 0 Å².